The predicted octanol–water partition coefficient (Wildman–Crippen LogP) is 1.42. The van der Waals surface area contributed by atoms with Crippen LogP contribution >= 0.6 is 15.9 Å². The summed E-state index contributed by atoms with van der Waals surface area (Å²) in [4.78, 5) is 10.9. The van der Waals surface area contributed by atoms with Gasteiger partial charge < -0.3 is 20.9 Å². The van der Waals surface area contributed by atoms with Crippen molar-refractivity contribution in [2.24, 2.45) is 17.4 Å². The molecule has 0 saturated carbocycles. The zero-order chi connectivity index (χ0) is 13.7. The monoisotopic (exact) mass is 316 g/mol. The second kappa shape index (κ2) is 6.61. The molecule has 1 rings (SSSR count). The average molecular weight is 317 g/mol. The molecule has 0 heterocycles. The number of hydrogen-bond acceptors (Lipinski definition) is 4. The Bertz CT molecular complexity index is 438. The van der Waals surface area contributed by atoms with Gasteiger partial charge in [-0.05, 0) is 33.6 Å². The van der Waals surface area contributed by atoms with E-state index in [4.69, 9.17) is 20.9 Å². The second-order valence-electron chi connectivity index (χ2n) is 3.93. The van der Waals surface area contributed by atoms with Gasteiger partial charge in [0, 0.05) is 6.54 Å². The summed E-state index contributed by atoms with van der Waals surface area (Å²) < 4.78 is 11.5. The highest BCUT2D eigenvalue weighted by Crippen LogP contribution is 2.36. The van der Waals surface area contributed by atoms with E-state index in [0.29, 0.717) is 18.0 Å². The normalized spacial score (nSPS) is 12.0. The Balaban J connectivity index is 2.90. The number of amides is 1. The van der Waals surface area contributed by atoms with Crippen LogP contribution in [0.15, 0.2) is 16.6 Å². The van der Waals surface area contributed by atoms with E-state index in [1.54, 1.807) is 20.1 Å². The van der Waals surface area contributed by atoms with Crippen LogP contribution in [0, 0.1) is 5.92 Å². The molecule has 0 radical (unpaired) electrons. The van der Waals surface area contributed by atoms with Crippen LogP contribution in [0.3, 0.4) is 0 Å². The molecule has 1 amide bonds. The minimum Gasteiger partial charge on any atom is -0.493 e. The van der Waals surface area contributed by atoms with Gasteiger partial charge in [-0.1, -0.05) is 6.92 Å². The molecule has 100 valence electrons. The average Bonchev–Trinajstić information content (AvgIpc) is 2.35. The van der Waals surface area contributed by atoms with Crippen LogP contribution in [0.4, 0.5) is 0 Å². The number of carbonyl (C=O) groups excluding carboxylic acids is 1. The maximum atomic E-state index is 10.9. The lowest BCUT2D eigenvalue weighted by atomic mass is 10.2. The van der Waals surface area contributed by atoms with Crippen LogP contribution in [0.2, 0.25) is 0 Å². The predicted molar refractivity (Wildman–Crippen MR) is 72.4 cm³/mol. The number of hydrogen-bond donors (Lipinski definition) is 2. The minimum absolute atomic E-state index is 0.201. The first-order chi connectivity index (χ1) is 8.49. The number of methoxy groups -OCH3 is 1. The lowest BCUT2D eigenvalue weighted by Gasteiger charge is -2.15. The molecule has 1 aromatic carbocycles. The van der Waals surface area contributed by atoms with Crippen molar-refractivity contribution in [3.8, 4) is 11.5 Å². The van der Waals surface area contributed by atoms with Crippen molar-refractivity contribution in [2.45, 2.75) is 13.5 Å². The summed E-state index contributed by atoms with van der Waals surface area (Å²) in [6.45, 7) is 2.32. The van der Waals surface area contributed by atoms with Crippen molar-refractivity contribution in [3.05, 3.63) is 22.2 Å². The fourth-order valence-electron chi connectivity index (χ4n) is 1.32. The smallest absolute Gasteiger partial charge is 0.223 e. The molecular formula is C12H17BrN2O3. The quantitative estimate of drug-likeness (QED) is 0.830. The van der Waals surface area contributed by atoms with Crippen LogP contribution in [-0.2, 0) is 11.3 Å². The van der Waals surface area contributed by atoms with Crippen LogP contribution in [0.25, 0.3) is 0 Å². The minimum atomic E-state index is -0.399. The maximum Gasteiger partial charge on any atom is 0.223 e. The fourth-order valence-corrected chi connectivity index (χ4v) is 1.93. The lowest BCUT2D eigenvalue weighted by molar-refractivity contribution is -0.122. The van der Waals surface area contributed by atoms with Gasteiger partial charge >= 0.3 is 0 Å². The van der Waals surface area contributed by atoms with Gasteiger partial charge in [0.1, 0.15) is 0 Å². The summed E-state index contributed by atoms with van der Waals surface area (Å²) in [6, 6.07) is 3.65. The third-order valence-electron chi connectivity index (χ3n) is 2.49. The van der Waals surface area contributed by atoms with Gasteiger partial charge in [-0.2, -0.15) is 0 Å². The Morgan fingerprint density at radius 3 is 2.67 bits per heavy atom. The van der Waals surface area contributed by atoms with E-state index in [1.807, 2.05) is 6.07 Å². The zero-order valence-corrected chi connectivity index (χ0v) is 12.0. The summed E-state index contributed by atoms with van der Waals surface area (Å²) >= 11 is 3.39. The first-order valence-corrected chi connectivity index (χ1v) is 6.27. The van der Waals surface area contributed by atoms with Crippen LogP contribution in [0.1, 0.15) is 12.5 Å². The van der Waals surface area contributed by atoms with Crippen molar-refractivity contribution in [1.82, 2.24) is 0 Å². The van der Waals surface area contributed by atoms with E-state index >= 15 is 0 Å². The third kappa shape index (κ3) is 3.61. The van der Waals surface area contributed by atoms with Crippen molar-refractivity contribution in [3.63, 3.8) is 0 Å². The molecule has 0 aliphatic carbocycles. The molecule has 1 unspecified atom stereocenters. The van der Waals surface area contributed by atoms with E-state index in [9.17, 15) is 4.79 Å². The molecular weight excluding hydrogens is 300 g/mol. The van der Waals surface area contributed by atoms with E-state index < -0.39 is 5.91 Å². The molecule has 0 bridgehead atoms. The van der Waals surface area contributed by atoms with Crippen molar-refractivity contribution in [1.29, 1.82) is 0 Å². The van der Waals surface area contributed by atoms with Gasteiger partial charge in [-0.15, -0.1) is 0 Å². The fraction of sp³-hybridized carbons (Fsp3) is 0.417. The highest BCUT2D eigenvalue weighted by molar-refractivity contribution is 9.10. The second-order valence-corrected chi connectivity index (χ2v) is 4.78. The summed E-state index contributed by atoms with van der Waals surface area (Å²) in [5, 5.41) is 0. The number of ether oxygens (including phenoxy) is 2. The molecule has 1 atom stereocenters. The lowest BCUT2D eigenvalue weighted by Crippen LogP contribution is -2.26. The SMILES string of the molecule is COc1cc(CN)cc(Br)c1OCC(C)C(N)=O. The molecule has 0 spiro atoms. The first kappa shape index (κ1) is 14.8. The molecule has 0 aromatic heterocycles. The number of nitrogens with two attached hydrogens (primary N) is 2. The van der Waals surface area contributed by atoms with Gasteiger partial charge in [0.2, 0.25) is 5.91 Å². The van der Waals surface area contributed by atoms with Gasteiger partial charge in [-0.3, -0.25) is 4.79 Å². The van der Waals surface area contributed by atoms with Crippen molar-refractivity contribution >= 4 is 21.8 Å². The Kier molecular flexibility index (Phi) is 5.43. The largest absolute Gasteiger partial charge is 0.493 e. The number of halogens is 1. The highest BCUT2D eigenvalue weighted by Gasteiger charge is 2.15. The Morgan fingerprint density at radius 2 is 2.17 bits per heavy atom. The van der Waals surface area contributed by atoms with Gasteiger partial charge in [0.15, 0.2) is 11.5 Å². The Labute approximate surface area is 115 Å². The molecule has 5 nitrogen and oxygen atoms in total. The van der Waals surface area contributed by atoms with E-state index in [1.165, 1.54) is 0 Å². The highest BCUT2D eigenvalue weighted by atomic mass is 79.9. The molecule has 0 fully saturated rings. The van der Waals surface area contributed by atoms with E-state index in [0.717, 1.165) is 10.0 Å². The summed E-state index contributed by atoms with van der Waals surface area (Å²) in [7, 11) is 1.55. The van der Waals surface area contributed by atoms with Gasteiger partial charge in [0.05, 0.1) is 24.1 Å². The zero-order valence-electron chi connectivity index (χ0n) is 10.4. The Morgan fingerprint density at radius 1 is 1.50 bits per heavy atom. The Hall–Kier alpha value is -1.27. The maximum absolute atomic E-state index is 10.9. The van der Waals surface area contributed by atoms with Crippen LogP contribution < -0.4 is 20.9 Å². The molecule has 6 heteroatoms. The first-order valence-electron chi connectivity index (χ1n) is 5.48. The van der Waals surface area contributed by atoms with Crippen LogP contribution in [0.5, 0.6) is 11.5 Å². The molecule has 0 saturated heterocycles. The molecule has 4 N–H and O–H groups in total. The summed E-state index contributed by atoms with van der Waals surface area (Å²) in [5.41, 5.74) is 11.7. The van der Waals surface area contributed by atoms with Gasteiger partial charge in [-0.25, -0.2) is 0 Å². The molecule has 0 aliphatic heterocycles. The molecule has 18 heavy (non-hydrogen) atoms. The third-order valence-corrected chi connectivity index (χ3v) is 3.08. The standard InChI is InChI=1S/C12H17BrN2O3/c1-7(12(15)16)6-18-11-9(13)3-8(5-14)4-10(11)17-2/h3-4,7H,5-6,14H2,1-2H3,(H2,15,16). The van der Waals surface area contributed by atoms with Crippen molar-refractivity contribution in [2.75, 3.05) is 13.7 Å². The van der Waals surface area contributed by atoms with Crippen molar-refractivity contribution < 1.29 is 14.3 Å². The number of rotatable bonds is 6. The number of carbonyl (C=O) groups is 1. The molecule has 1 aromatic rings. The summed E-state index contributed by atoms with van der Waals surface area (Å²) in [5.74, 6) is 0.351. The van der Waals surface area contributed by atoms with E-state index in [-0.39, 0.29) is 12.5 Å². The molecule has 0 aliphatic rings. The number of primary amides is 1. The topological polar surface area (TPSA) is 87.6 Å². The van der Waals surface area contributed by atoms with Crippen LogP contribution in [-0.4, -0.2) is 19.6 Å². The van der Waals surface area contributed by atoms with E-state index in [2.05, 4.69) is 15.9 Å². The van der Waals surface area contributed by atoms with Gasteiger partial charge in [0.25, 0.3) is 0 Å². The number of benzene rings is 1. The summed E-state index contributed by atoms with van der Waals surface area (Å²) in [6.07, 6.45) is 0.